The average Bonchev–Trinajstić information content (AvgIpc) is 2.35. The van der Waals surface area contributed by atoms with E-state index < -0.39 is 20.1 Å². The topological polar surface area (TPSA) is 35.5 Å². The van der Waals surface area contributed by atoms with Crippen LogP contribution in [0, 0.1) is 5.82 Å². The molecule has 0 saturated carbocycles. The molecule has 3 nitrogen and oxygen atoms in total. The molecule has 6 heteroatoms. The second kappa shape index (κ2) is 6.48. The zero-order valence-corrected chi connectivity index (χ0v) is 15.9. The van der Waals surface area contributed by atoms with Gasteiger partial charge in [0.2, 0.25) is 8.32 Å². The van der Waals surface area contributed by atoms with Gasteiger partial charge in [-0.1, -0.05) is 36.7 Å². The quantitative estimate of drug-likeness (QED) is 0.426. The van der Waals surface area contributed by atoms with E-state index in [-0.39, 0.29) is 10.6 Å². The SMILES string of the molecule is COC(=O)c1cc(F)cc(O[Si](C)(C)C(C)(C)C)c1CBr. The molecule has 0 radical (unpaired) electrons. The molecule has 118 valence electrons. The average molecular weight is 377 g/mol. The molecular formula is C15H22BrFO3Si. The first-order valence-electron chi connectivity index (χ1n) is 6.69. The highest BCUT2D eigenvalue weighted by Gasteiger charge is 2.39. The van der Waals surface area contributed by atoms with Crippen LogP contribution in [0.1, 0.15) is 36.7 Å². The lowest BCUT2D eigenvalue weighted by molar-refractivity contribution is 0.0599. The number of halogens is 2. The summed E-state index contributed by atoms with van der Waals surface area (Å²) in [6, 6.07) is 2.52. The van der Waals surface area contributed by atoms with Gasteiger partial charge in [0.15, 0.2) is 0 Å². The van der Waals surface area contributed by atoms with Crippen molar-refractivity contribution in [2.45, 2.75) is 44.2 Å². The van der Waals surface area contributed by atoms with E-state index in [1.54, 1.807) is 0 Å². The van der Waals surface area contributed by atoms with Crippen molar-refractivity contribution in [1.82, 2.24) is 0 Å². The molecule has 0 aromatic heterocycles. The van der Waals surface area contributed by atoms with Crippen LogP contribution < -0.4 is 4.43 Å². The highest BCUT2D eigenvalue weighted by atomic mass is 79.9. The largest absolute Gasteiger partial charge is 0.543 e. The molecule has 0 unspecified atom stereocenters. The van der Waals surface area contributed by atoms with Crippen LogP contribution in [0.2, 0.25) is 18.1 Å². The van der Waals surface area contributed by atoms with Gasteiger partial charge in [-0.25, -0.2) is 9.18 Å². The highest BCUT2D eigenvalue weighted by Crippen LogP contribution is 2.39. The van der Waals surface area contributed by atoms with E-state index in [9.17, 15) is 9.18 Å². The first kappa shape index (κ1) is 18.2. The van der Waals surface area contributed by atoms with Gasteiger partial charge in [-0.05, 0) is 24.2 Å². The molecule has 0 bridgehead atoms. The summed E-state index contributed by atoms with van der Waals surface area (Å²) in [5.74, 6) is -0.656. The summed E-state index contributed by atoms with van der Waals surface area (Å²) >= 11 is 3.34. The molecule has 0 aliphatic rings. The van der Waals surface area contributed by atoms with Crippen LogP contribution in [-0.2, 0) is 10.1 Å². The van der Waals surface area contributed by atoms with Gasteiger partial charge < -0.3 is 9.16 Å². The van der Waals surface area contributed by atoms with E-state index in [1.165, 1.54) is 19.2 Å². The fourth-order valence-electron chi connectivity index (χ4n) is 1.56. The number of hydrogen-bond acceptors (Lipinski definition) is 3. The Morgan fingerprint density at radius 1 is 1.33 bits per heavy atom. The van der Waals surface area contributed by atoms with Gasteiger partial charge in [0.1, 0.15) is 11.6 Å². The summed E-state index contributed by atoms with van der Waals surface area (Å²) in [6.07, 6.45) is 0. The second-order valence-electron chi connectivity index (χ2n) is 6.42. The first-order valence-corrected chi connectivity index (χ1v) is 10.7. The molecule has 0 N–H and O–H groups in total. The fraction of sp³-hybridized carbons (Fsp3) is 0.533. The molecule has 0 atom stereocenters. The third kappa shape index (κ3) is 4.07. The van der Waals surface area contributed by atoms with Crippen molar-refractivity contribution in [3.8, 4) is 5.75 Å². The maximum absolute atomic E-state index is 13.8. The van der Waals surface area contributed by atoms with E-state index in [1.807, 2.05) is 0 Å². The summed E-state index contributed by atoms with van der Waals surface area (Å²) < 4.78 is 24.7. The van der Waals surface area contributed by atoms with E-state index >= 15 is 0 Å². The normalized spacial score (nSPS) is 12.2. The van der Waals surface area contributed by atoms with Crippen LogP contribution in [0.4, 0.5) is 4.39 Å². The molecule has 0 aliphatic carbocycles. The lowest BCUT2D eigenvalue weighted by Crippen LogP contribution is -2.44. The first-order chi connectivity index (χ1) is 9.53. The van der Waals surface area contributed by atoms with Crippen molar-refractivity contribution in [3.05, 3.63) is 29.1 Å². The summed E-state index contributed by atoms with van der Waals surface area (Å²) in [4.78, 5) is 11.8. The standard InChI is InChI=1S/C15H22BrFO3Si/c1-15(2,3)21(5,6)20-13-8-10(17)7-11(12(13)9-16)14(18)19-4/h7-8H,9H2,1-6H3. The molecule has 0 aliphatic heterocycles. The van der Waals surface area contributed by atoms with Gasteiger partial charge in [-0.15, -0.1) is 0 Å². The van der Waals surface area contributed by atoms with Gasteiger partial charge in [0.05, 0.1) is 12.7 Å². The number of esters is 1. The Morgan fingerprint density at radius 3 is 2.33 bits per heavy atom. The molecule has 0 heterocycles. The third-order valence-corrected chi connectivity index (χ3v) is 8.79. The predicted molar refractivity (Wildman–Crippen MR) is 88.2 cm³/mol. The summed E-state index contributed by atoms with van der Waals surface area (Å²) in [7, 11) is -0.846. The predicted octanol–water partition coefficient (Wildman–Crippen LogP) is 4.89. The van der Waals surface area contributed by atoms with E-state index in [0.717, 1.165) is 0 Å². The van der Waals surface area contributed by atoms with Gasteiger partial charge in [-0.2, -0.15) is 0 Å². The minimum atomic E-state index is -2.12. The van der Waals surface area contributed by atoms with E-state index in [4.69, 9.17) is 9.16 Å². The Kier molecular flexibility index (Phi) is 5.61. The number of ether oxygens (including phenoxy) is 1. The van der Waals surface area contributed by atoms with Crippen LogP contribution in [0.5, 0.6) is 5.75 Å². The van der Waals surface area contributed by atoms with Gasteiger partial charge in [-0.3, -0.25) is 0 Å². The molecule has 0 saturated heterocycles. The summed E-state index contributed by atoms with van der Waals surface area (Å²) in [5.41, 5.74) is 0.816. The summed E-state index contributed by atoms with van der Waals surface area (Å²) in [5, 5.41) is 0.371. The van der Waals surface area contributed by atoms with Gasteiger partial charge >= 0.3 is 5.97 Å². The van der Waals surface area contributed by atoms with Crippen molar-refractivity contribution >= 4 is 30.2 Å². The molecule has 21 heavy (non-hydrogen) atoms. The maximum atomic E-state index is 13.8. The Bertz CT molecular complexity index is 538. The molecule has 1 rings (SSSR count). The second-order valence-corrected chi connectivity index (χ2v) is 11.7. The Morgan fingerprint density at radius 2 is 1.90 bits per heavy atom. The van der Waals surface area contributed by atoms with Crippen molar-refractivity contribution in [2.24, 2.45) is 0 Å². The molecule has 1 aromatic rings. The zero-order valence-electron chi connectivity index (χ0n) is 13.3. The van der Waals surface area contributed by atoms with Crippen molar-refractivity contribution < 1.29 is 18.3 Å². The van der Waals surface area contributed by atoms with Crippen LogP contribution >= 0.6 is 15.9 Å². The van der Waals surface area contributed by atoms with E-state index in [0.29, 0.717) is 16.6 Å². The third-order valence-electron chi connectivity index (χ3n) is 3.88. The van der Waals surface area contributed by atoms with Crippen LogP contribution in [0.15, 0.2) is 12.1 Å². The van der Waals surface area contributed by atoms with Crippen molar-refractivity contribution in [2.75, 3.05) is 7.11 Å². The molecule has 0 fully saturated rings. The molecule has 1 aromatic carbocycles. The maximum Gasteiger partial charge on any atom is 0.338 e. The van der Waals surface area contributed by atoms with Crippen molar-refractivity contribution in [3.63, 3.8) is 0 Å². The van der Waals surface area contributed by atoms with Crippen LogP contribution in [-0.4, -0.2) is 21.4 Å². The number of carbonyl (C=O) groups excluding carboxylic acids is 1. The van der Waals surface area contributed by atoms with Gasteiger partial charge in [0.25, 0.3) is 0 Å². The smallest absolute Gasteiger partial charge is 0.338 e. The fourth-order valence-corrected chi connectivity index (χ4v) is 3.18. The minimum absolute atomic E-state index is 0.0195. The monoisotopic (exact) mass is 376 g/mol. The van der Waals surface area contributed by atoms with Crippen LogP contribution in [0.3, 0.4) is 0 Å². The number of carbonyl (C=O) groups is 1. The lowest BCUT2D eigenvalue weighted by Gasteiger charge is -2.37. The minimum Gasteiger partial charge on any atom is -0.543 e. The highest BCUT2D eigenvalue weighted by molar-refractivity contribution is 9.08. The Hall–Kier alpha value is -0.883. The molecule has 0 amide bonds. The number of hydrogen-bond donors (Lipinski definition) is 0. The van der Waals surface area contributed by atoms with Gasteiger partial charge in [0, 0.05) is 17.0 Å². The number of methoxy groups -OCH3 is 1. The number of benzene rings is 1. The molecule has 0 spiro atoms. The number of alkyl halides is 1. The zero-order chi connectivity index (χ0) is 16.4. The Labute approximate surface area is 135 Å². The molecular weight excluding hydrogens is 355 g/mol. The van der Waals surface area contributed by atoms with Crippen molar-refractivity contribution in [1.29, 1.82) is 0 Å². The lowest BCUT2D eigenvalue weighted by atomic mass is 10.1. The number of rotatable bonds is 4. The summed E-state index contributed by atoms with van der Waals surface area (Å²) in [6.45, 7) is 10.5. The van der Waals surface area contributed by atoms with Crippen LogP contribution in [0.25, 0.3) is 0 Å². The Balaban J connectivity index is 3.37. The van der Waals surface area contributed by atoms with E-state index in [2.05, 4.69) is 49.8 Å².